The van der Waals surface area contributed by atoms with Crippen molar-refractivity contribution in [2.45, 2.75) is 4.90 Å². The first-order valence-electron chi connectivity index (χ1n) is 4.94. The van der Waals surface area contributed by atoms with Crippen LogP contribution in [0.25, 0.3) is 21.9 Å². The van der Waals surface area contributed by atoms with Crippen molar-refractivity contribution in [3.63, 3.8) is 0 Å². The van der Waals surface area contributed by atoms with Crippen LogP contribution >= 0.6 is 0 Å². The van der Waals surface area contributed by atoms with Gasteiger partial charge < -0.3 is 4.98 Å². The lowest BCUT2D eigenvalue weighted by Gasteiger charge is -1.96. The highest BCUT2D eigenvalue weighted by Crippen LogP contribution is 2.24. The molecule has 0 atom stereocenters. The van der Waals surface area contributed by atoms with Crippen LogP contribution in [0, 0.1) is 0 Å². The highest BCUT2D eigenvalue weighted by Gasteiger charge is 2.13. The van der Waals surface area contributed by atoms with Crippen molar-refractivity contribution < 1.29 is 13.0 Å². The Balaban J connectivity index is 2.47. The lowest BCUT2D eigenvalue weighted by molar-refractivity contribution is 0.483. The quantitative estimate of drug-likeness (QED) is 0.559. The first-order valence-corrected chi connectivity index (χ1v) is 6.38. The molecule has 0 saturated heterocycles. The number of H-pyrrole nitrogens is 2. The second kappa shape index (κ2) is 3.40. The molecule has 0 radical (unpaired) electrons. The maximum atomic E-state index is 11.1. The molecule has 0 unspecified atom stereocenters. The van der Waals surface area contributed by atoms with Crippen LogP contribution in [0.2, 0.25) is 0 Å². The highest BCUT2D eigenvalue weighted by atomic mass is 32.2. The van der Waals surface area contributed by atoms with Gasteiger partial charge in [-0.15, -0.1) is 0 Å². The number of rotatable bonds is 1. The second-order valence-corrected chi connectivity index (χ2v) is 5.22. The monoisotopic (exact) mass is 265 g/mol. The molecule has 0 spiro atoms. The molecule has 0 amide bonds. The number of hydrogen-bond acceptors (Lipinski definition) is 4. The molecule has 8 heteroatoms. The zero-order chi connectivity index (χ0) is 12.9. The first kappa shape index (κ1) is 10.9. The molecule has 2 aromatic heterocycles. The summed E-state index contributed by atoms with van der Waals surface area (Å²) in [5.74, 6) is 0. The number of benzene rings is 1. The van der Waals surface area contributed by atoms with E-state index in [1.807, 2.05) is 0 Å². The van der Waals surface area contributed by atoms with Gasteiger partial charge in [0.25, 0.3) is 15.7 Å². The Morgan fingerprint density at radius 2 is 1.94 bits per heavy atom. The topological polar surface area (TPSA) is 116 Å². The number of aromatic nitrogens is 3. The van der Waals surface area contributed by atoms with Crippen molar-refractivity contribution in [1.82, 2.24) is 15.2 Å². The van der Waals surface area contributed by atoms with Crippen molar-refractivity contribution in [3.05, 3.63) is 34.6 Å². The first-order chi connectivity index (χ1) is 8.45. The average Bonchev–Trinajstić information content (AvgIpc) is 2.63. The van der Waals surface area contributed by atoms with Crippen LogP contribution in [-0.4, -0.2) is 28.2 Å². The van der Waals surface area contributed by atoms with E-state index in [1.54, 1.807) is 0 Å². The fourth-order valence-corrected chi connectivity index (χ4v) is 2.34. The Labute approximate surface area is 100 Å². The van der Waals surface area contributed by atoms with E-state index in [-0.39, 0.29) is 10.5 Å². The minimum atomic E-state index is -4.26. The molecule has 3 rings (SSSR count). The van der Waals surface area contributed by atoms with Gasteiger partial charge in [0.15, 0.2) is 0 Å². The lowest BCUT2D eigenvalue weighted by Crippen LogP contribution is -2.04. The third-order valence-corrected chi connectivity index (χ3v) is 3.47. The summed E-state index contributed by atoms with van der Waals surface area (Å²) in [6, 6.07) is 5.41. The largest absolute Gasteiger partial charge is 0.353 e. The molecule has 18 heavy (non-hydrogen) atoms. The number of nitrogens with one attached hydrogen (secondary N) is 2. The lowest BCUT2D eigenvalue weighted by atomic mass is 10.2. The minimum Gasteiger partial charge on any atom is -0.353 e. The van der Waals surface area contributed by atoms with E-state index >= 15 is 0 Å². The van der Waals surface area contributed by atoms with Crippen LogP contribution in [-0.2, 0) is 10.1 Å². The molecule has 0 aliphatic rings. The smallest absolute Gasteiger partial charge is 0.294 e. The van der Waals surface area contributed by atoms with Crippen LogP contribution in [0.15, 0.2) is 34.0 Å². The summed E-state index contributed by atoms with van der Waals surface area (Å²) in [6.07, 6.45) is 0. The summed E-state index contributed by atoms with van der Waals surface area (Å²) in [5, 5.41) is 6.63. The summed E-state index contributed by atoms with van der Waals surface area (Å²) in [5.41, 5.74) is 1.21. The molecule has 0 aliphatic carbocycles. The van der Waals surface area contributed by atoms with Gasteiger partial charge in [0, 0.05) is 17.0 Å². The van der Waals surface area contributed by atoms with Crippen LogP contribution in [0.3, 0.4) is 0 Å². The maximum absolute atomic E-state index is 11.1. The van der Waals surface area contributed by atoms with E-state index in [9.17, 15) is 13.2 Å². The standard InChI is InChI=1S/C10H7N3O4S/c14-9-4-8-10(13-12-9)6-3-5(18(15,16)17)1-2-7(6)11-8/h1-4,11H,(H,12,14)(H,15,16,17). The SMILES string of the molecule is O=c1cc2[nH]c3ccc(S(=O)(=O)O)cc3c2n[nH]1. The Morgan fingerprint density at radius 3 is 2.67 bits per heavy atom. The van der Waals surface area contributed by atoms with E-state index in [1.165, 1.54) is 24.3 Å². The third-order valence-electron chi connectivity index (χ3n) is 2.62. The highest BCUT2D eigenvalue weighted by molar-refractivity contribution is 7.85. The molecule has 0 fully saturated rings. The Kier molecular flexibility index (Phi) is 2.07. The van der Waals surface area contributed by atoms with Crippen molar-refractivity contribution in [2.75, 3.05) is 0 Å². The molecule has 1 aromatic carbocycles. The second-order valence-electron chi connectivity index (χ2n) is 3.80. The summed E-state index contributed by atoms with van der Waals surface area (Å²) < 4.78 is 31.1. The Morgan fingerprint density at radius 1 is 1.17 bits per heavy atom. The average molecular weight is 265 g/mol. The summed E-state index contributed by atoms with van der Waals surface area (Å²) >= 11 is 0. The predicted octanol–water partition coefficient (Wildman–Crippen LogP) is 0.651. The number of hydrogen-bond donors (Lipinski definition) is 3. The van der Waals surface area contributed by atoms with Gasteiger partial charge in [-0.2, -0.15) is 13.5 Å². The van der Waals surface area contributed by atoms with Gasteiger partial charge >= 0.3 is 0 Å². The van der Waals surface area contributed by atoms with E-state index in [2.05, 4.69) is 15.2 Å². The fourth-order valence-electron chi connectivity index (χ4n) is 1.84. The molecule has 0 bridgehead atoms. The van der Waals surface area contributed by atoms with Crippen molar-refractivity contribution in [3.8, 4) is 0 Å². The summed E-state index contributed by atoms with van der Waals surface area (Å²) in [4.78, 5) is 13.8. The van der Waals surface area contributed by atoms with Crippen molar-refractivity contribution >= 4 is 32.1 Å². The van der Waals surface area contributed by atoms with Crippen LogP contribution in [0.5, 0.6) is 0 Å². The van der Waals surface area contributed by atoms with Crippen LogP contribution in [0.4, 0.5) is 0 Å². The van der Waals surface area contributed by atoms with Gasteiger partial charge in [0.05, 0.1) is 10.4 Å². The Bertz CT molecular complexity index is 923. The Hall–Kier alpha value is -2.19. The van der Waals surface area contributed by atoms with E-state index in [0.29, 0.717) is 21.9 Å². The molecule has 3 aromatic rings. The normalized spacial score (nSPS) is 12.3. The molecule has 92 valence electrons. The van der Waals surface area contributed by atoms with Gasteiger partial charge in [-0.1, -0.05) is 0 Å². The van der Waals surface area contributed by atoms with Crippen LogP contribution in [0.1, 0.15) is 0 Å². The molecule has 2 heterocycles. The van der Waals surface area contributed by atoms with Crippen LogP contribution < -0.4 is 5.56 Å². The number of fused-ring (bicyclic) bond motifs is 3. The fraction of sp³-hybridized carbons (Fsp3) is 0. The van der Waals surface area contributed by atoms with Gasteiger partial charge in [-0.3, -0.25) is 9.35 Å². The van der Waals surface area contributed by atoms with E-state index < -0.39 is 10.1 Å². The van der Waals surface area contributed by atoms with Crippen molar-refractivity contribution in [2.24, 2.45) is 0 Å². The van der Waals surface area contributed by atoms with E-state index in [4.69, 9.17) is 4.55 Å². The van der Waals surface area contributed by atoms with Gasteiger partial charge in [0.1, 0.15) is 5.52 Å². The van der Waals surface area contributed by atoms with Gasteiger partial charge in [-0.25, -0.2) is 5.10 Å². The van der Waals surface area contributed by atoms with Crippen molar-refractivity contribution in [1.29, 1.82) is 0 Å². The number of nitrogens with zero attached hydrogens (tertiary/aromatic N) is 1. The summed E-state index contributed by atoms with van der Waals surface area (Å²) in [7, 11) is -4.26. The van der Waals surface area contributed by atoms with E-state index in [0.717, 1.165) is 0 Å². The zero-order valence-electron chi connectivity index (χ0n) is 8.84. The predicted molar refractivity (Wildman–Crippen MR) is 64.0 cm³/mol. The zero-order valence-corrected chi connectivity index (χ0v) is 9.65. The molecular formula is C10H7N3O4S. The molecular weight excluding hydrogens is 258 g/mol. The summed E-state index contributed by atoms with van der Waals surface area (Å²) in [6.45, 7) is 0. The maximum Gasteiger partial charge on any atom is 0.294 e. The van der Waals surface area contributed by atoms with Gasteiger partial charge in [0.2, 0.25) is 0 Å². The molecule has 0 saturated carbocycles. The van der Waals surface area contributed by atoms with Gasteiger partial charge in [-0.05, 0) is 18.2 Å². The molecule has 3 N–H and O–H groups in total. The molecule has 0 aliphatic heterocycles. The number of aromatic amines is 2. The third kappa shape index (κ3) is 1.59. The molecule has 7 nitrogen and oxygen atoms in total. The minimum absolute atomic E-state index is 0.219.